The molecule has 2 aromatic heterocycles. The van der Waals surface area contributed by atoms with E-state index in [4.69, 9.17) is 0 Å². The Morgan fingerprint density at radius 3 is 1.50 bits per heavy atom. The average Bonchev–Trinajstić information content (AvgIpc) is 3.86. The Morgan fingerprint density at radius 2 is 0.870 bits per heavy atom. The number of fused-ring (bicyclic) bond motifs is 3. The summed E-state index contributed by atoms with van der Waals surface area (Å²) in [4.78, 5) is 9.23. The topological polar surface area (TPSA) is 25.8 Å². The van der Waals surface area contributed by atoms with Crippen LogP contribution in [-0.2, 0) is 0 Å². The van der Waals surface area contributed by atoms with Crippen molar-refractivity contribution >= 4 is 55.0 Å². The van der Waals surface area contributed by atoms with E-state index in [-0.39, 0.29) is 0 Å². The molecule has 0 aliphatic rings. The van der Waals surface area contributed by atoms with Crippen LogP contribution in [0.1, 0.15) is 0 Å². The SMILES string of the molecule is c1cc(-c2nccs2)cc(-c2c3ccccc3c(-c3cccc(-c4nccs4)c3)c3cc(-c4ccc5ccccc5c4)ccc23)c1. The van der Waals surface area contributed by atoms with Gasteiger partial charge in [0, 0.05) is 34.3 Å². The minimum atomic E-state index is 1.03. The molecule has 46 heavy (non-hydrogen) atoms. The van der Waals surface area contributed by atoms with Gasteiger partial charge in [-0.2, -0.15) is 0 Å². The van der Waals surface area contributed by atoms with Gasteiger partial charge in [-0.3, -0.25) is 0 Å². The summed E-state index contributed by atoms with van der Waals surface area (Å²) >= 11 is 3.34. The molecule has 0 N–H and O–H groups in total. The van der Waals surface area contributed by atoms with E-state index in [1.807, 2.05) is 23.2 Å². The molecule has 0 aliphatic carbocycles. The lowest BCUT2D eigenvalue weighted by atomic mass is 9.84. The number of nitrogens with zero attached hydrogens (tertiary/aromatic N) is 2. The number of hydrogen-bond donors (Lipinski definition) is 0. The molecule has 0 amide bonds. The summed E-state index contributed by atoms with van der Waals surface area (Å²) in [5, 5.41) is 13.6. The molecule has 216 valence electrons. The molecule has 0 saturated carbocycles. The predicted molar refractivity (Wildman–Crippen MR) is 197 cm³/mol. The molecule has 0 fully saturated rings. The van der Waals surface area contributed by atoms with Crippen molar-refractivity contribution in [2.45, 2.75) is 0 Å². The van der Waals surface area contributed by atoms with E-state index in [0.717, 1.165) is 21.1 Å². The monoisotopic (exact) mass is 622 g/mol. The van der Waals surface area contributed by atoms with Crippen LogP contribution in [0.2, 0.25) is 0 Å². The average molecular weight is 623 g/mol. The van der Waals surface area contributed by atoms with E-state index in [2.05, 4.69) is 143 Å². The summed E-state index contributed by atoms with van der Waals surface area (Å²) in [6.45, 7) is 0. The van der Waals surface area contributed by atoms with Crippen molar-refractivity contribution in [3.05, 3.63) is 157 Å². The lowest BCUT2D eigenvalue weighted by Crippen LogP contribution is -1.92. The number of rotatable bonds is 5. The maximum absolute atomic E-state index is 4.62. The van der Waals surface area contributed by atoms with Gasteiger partial charge in [-0.05, 0) is 90.0 Å². The van der Waals surface area contributed by atoms with E-state index < -0.39 is 0 Å². The highest BCUT2D eigenvalue weighted by Crippen LogP contribution is 2.46. The first-order valence-corrected chi connectivity index (χ1v) is 17.0. The highest BCUT2D eigenvalue weighted by atomic mass is 32.1. The predicted octanol–water partition coefficient (Wildman–Crippen LogP) is 12.4. The quantitative estimate of drug-likeness (QED) is 0.178. The van der Waals surface area contributed by atoms with Crippen LogP contribution in [0.15, 0.2) is 157 Å². The third-order valence-corrected chi connectivity index (χ3v) is 10.4. The van der Waals surface area contributed by atoms with Crippen molar-refractivity contribution in [3.8, 4) is 54.5 Å². The van der Waals surface area contributed by atoms with E-state index >= 15 is 0 Å². The van der Waals surface area contributed by atoms with Crippen LogP contribution in [0.4, 0.5) is 0 Å². The molecule has 9 rings (SSSR count). The van der Waals surface area contributed by atoms with E-state index in [1.54, 1.807) is 22.7 Å². The summed E-state index contributed by atoms with van der Waals surface area (Å²) in [7, 11) is 0. The Morgan fingerprint density at radius 1 is 0.348 bits per heavy atom. The van der Waals surface area contributed by atoms with Gasteiger partial charge in [0.2, 0.25) is 0 Å². The van der Waals surface area contributed by atoms with Crippen molar-refractivity contribution in [3.63, 3.8) is 0 Å². The van der Waals surface area contributed by atoms with Gasteiger partial charge in [-0.15, -0.1) is 22.7 Å². The number of benzene rings is 7. The summed E-state index contributed by atoms with van der Waals surface area (Å²) in [6.07, 6.45) is 3.75. The molecular formula is C42H26N2S2. The third-order valence-electron chi connectivity index (χ3n) is 8.77. The molecule has 0 unspecified atom stereocenters. The van der Waals surface area contributed by atoms with Crippen LogP contribution >= 0.6 is 22.7 Å². The van der Waals surface area contributed by atoms with Crippen molar-refractivity contribution < 1.29 is 0 Å². The van der Waals surface area contributed by atoms with Crippen molar-refractivity contribution in [1.82, 2.24) is 9.97 Å². The van der Waals surface area contributed by atoms with Crippen LogP contribution in [0, 0.1) is 0 Å². The summed E-state index contributed by atoms with van der Waals surface area (Å²) in [5.41, 5.74) is 9.55. The fourth-order valence-corrected chi connectivity index (χ4v) is 7.97. The number of hydrogen-bond acceptors (Lipinski definition) is 4. The second kappa shape index (κ2) is 11.2. The molecule has 0 bridgehead atoms. The van der Waals surface area contributed by atoms with Gasteiger partial charge in [-0.25, -0.2) is 9.97 Å². The lowest BCUT2D eigenvalue weighted by molar-refractivity contribution is 1.41. The first-order valence-electron chi connectivity index (χ1n) is 15.3. The first kappa shape index (κ1) is 26.9. The largest absolute Gasteiger partial charge is 0.245 e. The van der Waals surface area contributed by atoms with E-state index in [1.165, 1.54) is 65.7 Å². The highest BCUT2D eigenvalue weighted by Gasteiger charge is 2.19. The van der Waals surface area contributed by atoms with E-state index in [9.17, 15) is 0 Å². The first-order chi connectivity index (χ1) is 22.8. The Kier molecular flexibility index (Phi) is 6.55. The normalized spacial score (nSPS) is 11.5. The second-order valence-corrected chi connectivity index (χ2v) is 13.2. The molecule has 2 heterocycles. The minimum absolute atomic E-state index is 1.03. The van der Waals surface area contributed by atoms with Crippen LogP contribution in [0.3, 0.4) is 0 Å². The van der Waals surface area contributed by atoms with Gasteiger partial charge in [0.25, 0.3) is 0 Å². The van der Waals surface area contributed by atoms with Crippen LogP contribution in [-0.4, -0.2) is 9.97 Å². The lowest BCUT2D eigenvalue weighted by Gasteiger charge is -2.19. The maximum atomic E-state index is 4.62. The molecule has 0 atom stereocenters. The molecule has 0 saturated heterocycles. The van der Waals surface area contributed by atoms with Crippen LogP contribution < -0.4 is 0 Å². The summed E-state index contributed by atoms with van der Waals surface area (Å²) in [5.74, 6) is 0. The zero-order valence-electron chi connectivity index (χ0n) is 24.7. The molecule has 0 spiro atoms. The van der Waals surface area contributed by atoms with Gasteiger partial charge in [0.05, 0.1) is 0 Å². The molecule has 7 aromatic carbocycles. The molecule has 9 aromatic rings. The minimum Gasteiger partial charge on any atom is -0.245 e. The highest BCUT2D eigenvalue weighted by molar-refractivity contribution is 7.13. The Bertz CT molecular complexity index is 2530. The third kappa shape index (κ3) is 4.62. The maximum Gasteiger partial charge on any atom is 0.123 e. The summed E-state index contributed by atoms with van der Waals surface area (Å²) < 4.78 is 0. The Balaban J connectivity index is 1.36. The second-order valence-electron chi connectivity index (χ2n) is 11.5. The van der Waals surface area contributed by atoms with Gasteiger partial charge < -0.3 is 0 Å². The zero-order chi connectivity index (χ0) is 30.5. The van der Waals surface area contributed by atoms with Gasteiger partial charge in [0.15, 0.2) is 0 Å². The van der Waals surface area contributed by atoms with Crippen molar-refractivity contribution in [2.75, 3.05) is 0 Å². The van der Waals surface area contributed by atoms with Crippen LogP contribution in [0.5, 0.6) is 0 Å². The Labute approximate surface area is 274 Å². The zero-order valence-corrected chi connectivity index (χ0v) is 26.4. The molecular weight excluding hydrogens is 597 g/mol. The number of thiazole rings is 2. The molecule has 2 nitrogen and oxygen atoms in total. The van der Waals surface area contributed by atoms with Crippen LogP contribution in [0.25, 0.3) is 86.8 Å². The fraction of sp³-hybridized carbons (Fsp3) is 0. The van der Waals surface area contributed by atoms with Crippen molar-refractivity contribution in [1.29, 1.82) is 0 Å². The van der Waals surface area contributed by atoms with Gasteiger partial charge in [0.1, 0.15) is 10.0 Å². The molecule has 0 radical (unpaired) electrons. The van der Waals surface area contributed by atoms with Gasteiger partial charge in [-0.1, -0.05) is 109 Å². The smallest absolute Gasteiger partial charge is 0.123 e. The standard InChI is InChI=1S/C42H26N2S2/c1-2-8-28-23-29(16-15-27(28)7-1)30-17-18-37-38(26-30)40(32-10-6-12-34(25-32)42-44-20-22-46-42)36-14-4-3-13-35(36)39(37)31-9-5-11-33(24-31)41-43-19-21-45-41/h1-26H. The summed E-state index contributed by atoms with van der Waals surface area (Å²) in [6, 6.07) is 48.9. The Hall–Kier alpha value is -5.42. The molecule has 0 aliphatic heterocycles. The van der Waals surface area contributed by atoms with Crippen molar-refractivity contribution in [2.24, 2.45) is 0 Å². The number of aromatic nitrogens is 2. The fourth-order valence-electron chi connectivity index (χ4n) is 6.70. The molecule has 4 heteroatoms. The van der Waals surface area contributed by atoms with Gasteiger partial charge >= 0.3 is 0 Å². The van der Waals surface area contributed by atoms with E-state index in [0.29, 0.717) is 0 Å².